The molecule has 1 aliphatic heterocycles. The second-order valence-corrected chi connectivity index (χ2v) is 9.00. The number of aryl methyl sites for hydroxylation is 1. The molecule has 0 amide bonds. The van der Waals surface area contributed by atoms with Crippen molar-refractivity contribution in [3.63, 3.8) is 0 Å². The van der Waals surface area contributed by atoms with Gasteiger partial charge in [-0.1, -0.05) is 30.3 Å². The van der Waals surface area contributed by atoms with Crippen molar-refractivity contribution in [1.29, 1.82) is 0 Å². The molecule has 0 N–H and O–H groups in total. The molecule has 0 spiro atoms. The molecule has 0 radical (unpaired) electrons. The Balaban J connectivity index is 1.46. The number of hydrogen-bond acceptors (Lipinski definition) is 4. The van der Waals surface area contributed by atoms with E-state index < -0.39 is 5.60 Å². The fourth-order valence-electron chi connectivity index (χ4n) is 3.64. The summed E-state index contributed by atoms with van der Waals surface area (Å²) >= 11 is 0. The number of benzene rings is 2. The van der Waals surface area contributed by atoms with Gasteiger partial charge in [0.1, 0.15) is 11.4 Å². The van der Waals surface area contributed by atoms with Crippen LogP contribution in [-0.4, -0.2) is 36.2 Å². The van der Waals surface area contributed by atoms with Crippen LogP contribution in [0.1, 0.15) is 55.1 Å². The number of likely N-dealkylation sites (tertiary alicyclic amines) is 1. The summed E-state index contributed by atoms with van der Waals surface area (Å²) in [5, 5.41) is 0. The highest BCUT2D eigenvalue weighted by Crippen LogP contribution is 2.24. The molecular weight excluding hydrogens is 362 g/mol. The van der Waals surface area contributed by atoms with E-state index in [0.717, 1.165) is 50.4 Å². The summed E-state index contributed by atoms with van der Waals surface area (Å²) in [7, 11) is 0. The highest BCUT2D eigenvalue weighted by atomic mass is 16.6. The molecule has 4 nitrogen and oxygen atoms in total. The maximum absolute atomic E-state index is 12.2. The zero-order valence-corrected chi connectivity index (χ0v) is 18.1. The molecule has 0 atom stereocenters. The van der Waals surface area contributed by atoms with Crippen LogP contribution in [0.4, 0.5) is 0 Å². The molecular formula is C25H33NO3. The number of piperidine rings is 1. The first kappa shape index (κ1) is 21.4. The van der Waals surface area contributed by atoms with Crippen LogP contribution in [0.3, 0.4) is 0 Å². The predicted molar refractivity (Wildman–Crippen MR) is 116 cm³/mol. The maximum atomic E-state index is 12.2. The van der Waals surface area contributed by atoms with Gasteiger partial charge in [0.05, 0.1) is 12.2 Å². The highest BCUT2D eigenvalue weighted by Gasteiger charge is 2.21. The van der Waals surface area contributed by atoms with E-state index in [1.807, 2.05) is 39.8 Å². The average Bonchev–Trinajstić information content (AvgIpc) is 2.67. The van der Waals surface area contributed by atoms with Gasteiger partial charge in [-0.05, 0) is 88.9 Å². The van der Waals surface area contributed by atoms with Crippen molar-refractivity contribution in [1.82, 2.24) is 4.90 Å². The Morgan fingerprint density at radius 3 is 2.38 bits per heavy atom. The van der Waals surface area contributed by atoms with Crippen molar-refractivity contribution in [2.24, 2.45) is 5.92 Å². The van der Waals surface area contributed by atoms with Crippen LogP contribution in [0.25, 0.3) is 0 Å². The van der Waals surface area contributed by atoms with Gasteiger partial charge in [0.2, 0.25) is 0 Å². The van der Waals surface area contributed by atoms with Gasteiger partial charge in [0.25, 0.3) is 0 Å². The van der Waals surface area contributed by atoms with Crippen molar-refractivity contribution in [3.8, 4) is 5.75 Å². The van der Waals surface area contributed by atoms with E-state index in [2.05, 4.69) is 35.2 Å². The summed E-state index contributed by atoms with van der Waals surface area (Å²) in [6.07, 6.45) is 2.31. The smallest absolute Gasteiger partial charge is 0.338 e. The third-order valence-corrected chi connectivity index (χ3v) is 5.24. The number of carbonyl (C=O) groups excluding carboxylic acids is 1. The molecule has 0 saturated carbocycles. The molecule has 0 aromatic heterocycles. The van der Waals surface area contributed by atoms with Crippen molar-refractivity contribution < 1.29 is 14.3 Å². The number of carbonyl (C=O) groups is 1. The number of nitrogens with zero attached hydrogens (tertiary/aromatic N) is 1. The lowest BCUT2D eigenvalue weighted by atomic mass is 9.97. The van der Waals surface area contributed by atoms with E-state index in [9.17, 15) is 4.79 Å². The third kappa shape index (κ3) is 6.60. The number of hydrogen-bond donors (Lipinski definition) is 0. The molecule has 0 aliphatic carbocycles. The lowest BCUT2D eigenvalue weighted by Gasteiger charge is -2.32. The standard InChI is InChI=1S/C25H33NO3/c1-19-16-22(24(27)29-25(2,3)4)10-11-23(19)28-18-21-12-14-26(15-13-21)17-20-8-6-5-7-9-20/h5-11,16,21H,12-15,17-18H2,1-4H3. The van der Waals surface area contributed by atoms with E-state index in [4.69, 9.17) is 9.47 Å². The van der Waals surface area contributed by atoms with Crippen LogP contribution in [-0.2, 0) is 11.3 Å². The van der Waals surface area contributed by atoms with E-state index in [-0.39, 0.29) is 5.97 Å². The summed E-state index contributed by atoms with van der Waals surface area (Å²) < 4.78 is 11.5. The summed E-state index contributed by atoms with van der Waals surface area (Å²) in [6.45, 7) is 11.6. The van der Waals surface area contributed by atoms with E-state index >= 15 is 0 Å². The first-order valence-corrected chi connectivity index (χ1v) is 10.5. The SMILES string of the molecule is Cc1cc(C(=O)OC(C)(C)C)ccc1OCC1CCN(Cc2ccccc2)CC1. The van der Waals surface area contributed by atoms with Crippen LogP contribution >= 0.6 is 0 Å². The largest absolute Gasteiger partial charge is 0.493 e. The Morgan fingerprint density at radius 1 is 1.07 bits per heavy atom. The molecule has 4 heteroatoms. The van der Waals surface area contributed by atoms with Crippen molar-refractivity contribution in [2.45, 2.75) is 52.7 Å². The van der Waals surface area contributed by atoms with Gasteiger partial charge in [-0.3, -0.25) is 4.90 Å². The van der Waals surface area contributed by atoms with Crippen molar-refractivity contribution >= 4 is 5.97 Å². The summed E-state index contributed by atoms with van der Waals surface area (Å²) in [5.74, 6) is 1.13. The van der Waals surface area contributed by atoms with Crippen LogP contribution < -0.4 is 4.74 Å². The van der Waals surface area contributed by atoms with Crippen molar-refractivity contribution in [3.05, 3.63) is 65.2 Å². The molecule has 2 aromatic rings. The van der Waals surface area contributed by atoms with Gasteiger partial charge in [0.15, 0.2) is 0 Å². The maximum Gasteiger partial charge on any atom is 0.338 e. The zero-order valence-electron chi connectivity index (χ0n) is 18.1. The Labute approximate surface area is 174 Å². The van der Waals surface area contributed by atoms with E-state index in [1.54, 1.807) is 6.07 Å². The lowest BCUT2D eigenvalue weighted by Crippen LogP contribution is -2.35. The molecule has 156 valence electrons. The monoisotopic (exact) mass is 395 g/mol. The first-order chi connectivity index (χ1) is 13.8. The third-order valence-electron chi connectivity index (χ3n) is 5.24. The Morgan fingerprint density at radius 2 is 1.76 bits per heavy atom. The normalized spacial score (nSPS) is 15.9. The highest BCUT2D eigenvalue weighted by molar-refractivity contribution is 5.90. The summed E-state index contributed by atoms with van der Waals surface area (Å²) in [5.41, 5.74) is 2.42. The van der Waals surface area contributed by atoms with E-state index in [1.165, 1.54) is 5.56 Å². The topological polar surface area (TPSA) is 38.8 Å². The molecule has 29 heavy (non-hydrogen) atoms. The fraction of sp³-hybridized carbons (Fsp3) is 0.480. The van der Waals surface area contributed by atoms with Crippen LogP contribution in [0, 0.1) is 12.8 Å². The average molecular weight is 396 g/mol. The molecule has 2 aromatic carbocycles. The van der Waals surface area contributed by atoms with E-state index in [0.29, 0.717) is 11.5 Å². The van der Waals surface area contributed by atoms with Gasteiger partial charge in [-0.15, -0.1) is 0 Å². The van der Waals surface area contributed by atoms with Gasteiger partial charge < -0.3 is 9.47 Å². The minimum absolute atomic E-state index is 0.294. The van der Waals surface area contributed by atoms with Gasteiger partial charge in [-0.25, -0.2) is 4.79 Å². The van der Waals surface area contributed by atoms with Crippen LogP contribution in [0.15, 0.2) is 48.5 Å². The molecule has 1 aliphatic rings. The van der Waals surface area contributed by atoms with Gasteiger partial charge >= 0.3 is 5.97 Å². The number of esters is 1. The molecule has 1 saturated heterocycles. The summed E-state index contributed by atoms with van der Waals surface area (Å²) in [4.78, 5) is 14.7. The molecule has 1 heterocycles. The number of ether oxygens (including phenoxy) is 2. The molecule has 0 unspecified atom stereocenters. The Kier molecular flexibility index (Phi) is 6.96. The first-order valence-electron chi connectivity index (χ1n) is 10.5. The molecule has 1 fully saturated rings. The fourth-order valence-corrected chi connectivity index (χ4v) is 3.64. The minimum atomic E-state index is -0.491. The summed E-state index contributed by atoms with van der Waals surface area (Å²) in [6, 6.07) is 16.2. The second kappa shape index (κ2) is 9.45. The Bertz CT molecular complexity index is 803. The predicted octanol–water partition coefficient (Wildman–Crippen LogP) is 5.24. The van der Waals surface area contributed by atoms with Crippen LogP contribution in [0.2, 0.25) is 0 Å². The van der Waals surface area contributed by atoms with Crippen LogP contribution in [0.5, 0.6) is 5.75 Å². The molecule has 3 rings (SSSR count). The van der Waals surface area contributed by atoms with Crippen molar-refractivity contribution in [2.75, 3.05) is 19.7 Å². The lowest BCUT2D eigenvalue weighted by molar-refractivity contribution is 0.00694. The minimum Gasteiger partial charge on any atom is -0.493 e. The van der Waals surface area contributed by atoms with Gasteiger partial charge in [0, 0.05) is 6.54 Å². The zero-order chi connectivity index (χ0) is 20.9. The molecule has 0 bridgehead atoms. The van der Waals surface area contributed by atoms with Gasteiger partial charge in [-0.2, -0.15) is 0 Å². The Hall–Kier alpha value is -2.33. The quantitative estimate of drug-likeness (QED) is 0.627. The number of rotatable bonds is 6. The second-order valence-electron chi connectivity index (χ2n) is 9.00.